The summed E-state index contributed by atoms with van der Waals surface area (Å²) in [5, 5.41) is 5.35. The van der Waals surface area contributed by atoms with Crippen molar-refractivity contribution < 1.29 is 13.2 Å². The van der Waals surface area contributed by atoms with Gasteiger partial charge in [-0.15, -0.1) is 11.3 Å². The molecule has 3 aromatic heterocycles. The Kier molecular flexibility index (Phi) is 8.42. The van der Waals surface area contributed by atoms with E-state index in [0.29, 0.717) is 40.2 Å². The summed E-state index contributed by atoms with van der Waals surface area (Å²) in [6, 6.07) is 16.8. The Hall–Kier alpha value is -4.14. The predicted molar refractivity (Wildman–Crippen MR) is 162 cm³/mol. The van der Waals surface area contributed by atoms with Crippen molar-refractivity contribution >= 4 is 61.0 Å². The van der Waals surface area contributed by atoms with Gasteiger partial charge >= 0.3 is 0 Å². The molecule has 0 bridgehead atoms. The van der Waals surface area contributed by atoms with Gasteiger partial charge in [0.05, 0.1) is 23.4 Å². The van der Waals surface area contributed by atoms with E-state index in [9.17, 15) is 18.0 Å². The molecule has 0 aliphatic carbocycles. The average Bonchev–Trinajstić information content (AvgIpc) is 3.44. The van der Waals surface area contributed by atoms with Crippen LogP contribution in [0, 0.1) is 0 Å². The van der Waals surface area contributed by atoms with E-state index in [0.717, 1.165) is 23.6 Å². The van der Waals surface area contributed by atoms with Crippen molar-refractivity contribution in [3.8, 4) is 11.3 Å². The SMILES string of the molecule is CN(c1cccc(-c2csc(NC(=O)CSc3nc4nccnc4c(=O)n3CCc3ccccc3)n2)c1)S(C)(=O)=O. The second-order valence-electron chi connectivity index (χ2n) is 8.97. The molecule has 210 valence electrons. The number of thioether (sulfide) groups is 1. The first kappa shape index (κ1) is 28.4. The first-order valence-corrected chi connectivity index (χ1v) is 16.1. The van der Waals surface area contributed by atoms with E-state index < -0.39 is 10.0 Å². The van der Waals surface area contributed by atoms with Crippen LogP contribution in [0.4, 0.5) is 10.8 Å². The second kappa shape index (κ2) is 12.2. The predicted octanol–water partition coefficient (Wildman–Crippen LogP) is 3.68. The molecule has 5 aromatic rings. The number of sulfonamides is 1. The summed E-state index contributed by atoms with van der Waals surface area (Å²) in [5.41, 5.74) is 2.99. The summed E-state index contributed by atoms with van der Waals surface area (Å²) < 4.78 is 26.5. The van der Waals surface area contributed by atoms with E-state index in [2.05, 4.69) is 25.3 Å². The van der Waals surface area contributed by atoms with Gasteiger partial charge in [-0.25, -0.2) is 28.4 Å². The van der Waals surface area contributed by atoms with Crippen LogP contribution in [0.5, 0.6) is 0 Å². The van der Waals surface area contributed by atoms with Crippen molar-refractivity contribution in [2.45, 2.75) is 18.1 Å². The Morgan fingerprint density at radius 3 is 2.63 bits per heavy atom. The maximum Gasteiger partial charge on any atom is 0.282 e. The molecule has 0 spiro atoms. The highest BCUT2D eigenvalue weighted by molar-refractivity contribution is 7.99. The molecule has 0 saturated heterocycles. The first-order valence-electron chi connectivity index (χ1n) is 12.4. The highest BCUT2D eigenvalue weighted by Gasteiger charge is 2.17. The highest BCUT2D eigenvalue weighted by Crippen LogP contribution is 2.28. The molecule has 14 heteroatoms. The fourth-order valence-electron chi connectivity index (χ4n) is 3.92. The van der Waals surface area contributed by atoms with Crippen molar-refractivity contribution in [2.75, 3.05) is 28.7 Å². The van der Waals surface area contributed by atoms with Gasteiger partial charge in [0, 0.05) is 36.9 Å². The minimum Gasteiger partial charge on any atom is -0.301 e. The number of benzene rings is 2. The molecule has 1 N–H and O–H groups in total. The quantitative estimate of drug-likeness (QED) is 0.186. The molecule has 0 fully saturated rings. The number of amides is 1. The van der Waals surface area contributed by atoms with E-state index in [4.69, 9.17) is 0 Å². The molecule has 0 aliphatic heterocycles. The zero-order valence-corrected chi connectivity index (χ0v) is 24.5. The minimum absolute atomic E-state index is 0.00685. The van der Waals surface area contributed by atoms with Gasteiger partial charge in [0.15, 0.2) is 21.5 Å². The van der Waals surface area contributed by atoms with E-state index in [1.54, 1.807) is 23.6 Å². The molecule has 0 unspecified atom stereocenters. The van der Waals surface area contributed by atoms with Gasteiger partial charge in [0.1, 0.15) is 0 Å². The number of hydrogen-bond donors (Lipinski definition) is 1. The number of carbonyl (C=O) groups excluding carboxylic acids is 1. The molecule has 0 atom stereocenters. The maximum atomic E-state index is 13.2. The molecule has 41 heavy (non-hydrogen) atoms. The number of fused-ring (bicyclic) bond motifs is 1. The monoisotopic (exact) mass is 607 g/mol. The molecule has 0 radical (unpaired) electrons. The highest BCUT2D eigenvalue weighted by atomic mass is 32.2. The third-order valence-corrected chi connectivity index (χ3v) is 9.05. The lowest BCUT2D eigenvalue weighted by Gasteiger charge is -2.17. The first-order chi connectivity index (χ1) is 19.7. The van der Waals surface area contributed by atoms with Crippen LogP contribution >= 0.6 is 23.1 Å². The number of rotatable bonds is 10. The van der Waals surface area contributed by atoms with Crippen LogP contribution in [0.2, 0.25) is 0 Å². The normalized spacial score (nSPS) is 11.5. The van der Waals surface area contributed by atoms with Crippen molar-refractivity contribution in [1.29, 1.82) is 0 Å². The Balaban J connectivity index is 1.30. The van der Waals surface area contributed by atoms with Gasteiger partial charge in [-0.1, -0.05) is 54.2 Å². The van der Waals surface area contributed by atoms with E-state index in [1.807, 2.05) is 36.4 Å². The molecular formula is C27H25N7O4S3. The number of carbonyl (C=O) groups is 1. The zero-order chi connectivity index (χ0) is 29.0. The number of hydrogen-bond acceptors (Lipinski definition) is 10. The Morgan fingerprint density at radius 2 is 1.85 bits per heavy atom. The maximum absolute atomic E-state index is 13.2. The van der Waals surface area contributed by atoms with Crippen molar-refractivity contribution in [2.24, 2.45) is 0 Å². The number of aryl methyl sites for hydroxylation is 1. The lowest BCUT2D eigenvalue weighted by atomic mass is 10.1. The van der Waals surface area contributed by atoms with Crippen LogP contribution < -0.4 is 15.2 Å². The van der Waals surface area contributed by atoms with E-state index in [-0.39, 0.29) is 28.4 Å². The van der Waals surface area contributed by atoms with Crippen LogP contribution in [0.15, 0.2) is 82.3 Å². The van der Waals surface area contributed by atoms with Crippen LogP contribution in [0.1, 0.15) is 5.56 Å². The van der Waals surface area contributed by atoms with Crippen molar-refractivity contribution in [3.05, 3.63) is 88.3 Å². The Bertz CT molecular complexity index is 1880. The van der Waals surface area contributed by atoms with Crippen LogP contribution in [0.3, 0.4) is 0 Å². The van der Waals surface area contributed by atoms with Gasteiger partial charge in [-0.2, -0.15) is 0 Å². The second-order valence-corrected chi connectivity index (χ2v) is 12.8. The molecule has 0 aliphatic rings. The minimum atomic E-state index is -3.41. The standard InChI is InChI=1S/C27H25N7O4S3/c1-33(41(2,37)38)20-10-6-9-19(15-20)21-16-39-26(30-21)31-22(35)17-40-27-32-24-23(28-12-13-29-24)25(36)34(27)14-11-18-7-4-3-5-8-18/h3-10,12-13,15-16H,11,14,17H2,1-2H3,(H,30,31,35). The fourth-order valence-corrected chi connectivity index (χ4v) is 5.97. The third-order valence-electron chi connectivity index (χ3n) is 6.11. The molecular weight excluding hydrogens is 583 g/mol. The smallest absolute Gasteiger partial charge is 0.282 e. The van der Waals surface area contributed by atoms with Crippen molar-refractivity contribution in [1.82, 2.24) is 24.5 Å². The van der Waals surface area contributed by atoms with Gasteiger partial charge < -0.3 is 5.32 Å². The van der Waals surface area contributed by atoms with Crippen LogP contribution in [0.25, 0.3) is 22.4 Å². The largest absolute Gasteiger partial charge is 0.301 e. The molecule has 1 amide bonds. The van der Waals surface area contributed by atoms with Crippen molar-refractivity contribution in [3.63, 3.8) is 0 Å². The lowest BCUT2D eigenvalue weighted by molar-refractivity contribution is -0.113. The third kappa shape index (κ3) is 6.78. The van der Waals surface area contributed by atoms with Gasteiger partial charge in [-0.3, -0.25) is 18.5 Å². The fraction of sp³-hybridized carbons (Fsp3) is 0.185. The summed E-state index contributed by atoms with van der Waals surface area (Å²) in [7, 11) is -1.93. The van der Waals surface area contributed by atoms with E-state index >= 15 is 0 Å². The topological polar surface area (TPSA) is 140 Å². The number of aromatic nitrogens is 5. The lowest BCUT2D eigenvalue weighted by Crippen LogP contribution is -2.26. The Labute approximate surface area is 244 Å². The molecule has 0 saturated carbocycles. The number of nitrogens with one attached hydrogen (secondary N) is 1. The van der Waals surface area contributed by atoms with Gasteiger partial charge in [-0.05, 0) is 24.1 Å². The molecule has 2 aromatic carbocycles. The number of anilines is 2. The van der Waals surface area contributed by atoms with Gasteiger partial charge in [0.2, 0.25) is 15.9 Å². The molecule has 3 heterocycles. The van der Waals surface area contributed by atoms with Gasteiger partial charge in [0.25, 0.3) is 5.56 Å². The summed E-state index contributed by atoms with van der Waals surface area (Å²) >= 11 is 2.39. The summed E-state index contributed by atoms with van der Waals surface area (Å²) in [6.45, 7) is 0.371. The summed E-state index contributed by atoms with van der Waals surface area (Å²) in [4.78, 5) is 43.4. The van der Waals surface area contributed by atoms with Crippen LogP contribution in [-0.4, -0.2) is 57.9 Å². The Morgan fingerprint density at radius 1 is 1.07 bits per heavy atom. The van der Waals surface area contributed by atoms with E-state index in [1.165, 1.54) is 39.7 Å². The molecule has 11 nitrogen and oxygen atoms in total. The summed E-state index contributed by atoms with van der Waals surface area (Å²) in [5.74, 6) is -0.322. The summed E-state index contributed by atoms with van der Waals surface area (Å²) in [6.07, 6.45) is 4.67. The zero-order valence-electron chi connectivity index (χ0n) is 22.1. The number of thiazole rings is 1. The van der Waals surface area contributed by atoms with Crippen LogP contribution in [-0.2, 0) is 27.8 Å². The number of nitrogens with zero attached hydrogens (tertiary/aromatic N) is 6. The average molecular weight is 608 g/mol. The molecule has 5 rings (SSSR count).